The summed E-state index contributed by atoms with van der Waals surface area (Å²) in [5, 5.41) is 3.45. The van der Waals surface area contributed by atoms with Gasteiger partial charge in [0.15, 0.2) is 0 Å². The molecule has 1 aliphatic rings. The van der Waals surface area contributed by atoms with E-state index in [1.54, 1.807) is 0 Å². The quantitative estimate of drug-likeness (QED) is 0.866. The van der Waals surface area contributed by atoms with E-state index in [0.29, 0.717) is 10.6 Å². The molecule has 0 saturated carbocycles. The molecule has 2 aromatic rings. The number of carbonyl (C=O) groups excluding carboxylic acids is 2. The Balaban J connectivity index is 1.75. The number of para-hydroxylation sites is 1. The van der Waals surface area contributed by atoms with Crippen molar-refractivity contribution < 1.29 is 14.3 Å². The predicted molar refractivity (Wildman–Crippen MR) is 96.1 cm³/mol. The van der Waals surface area contributed by atoms with Crippen LogP contribution in [0.1, 0.15) is 26.4 Å². The van der Waals surface area contributed by atoms with Gasteiger partial charge in [0.25, 0.3) is 0 Å². The molecule has 0 bridgehead atoms. The van der Waals surface area contributed by atoms with Gasteiger partial charge in [-0.15, -0.1) is 11.3 Å². The number of fused-ring (bicyclic) bond motifs is 1. The third kappa shape index (κ3) is 3.01. The first-order valence-electron chi connectivity index (χ1n) is 7.82. The summed E-state index contributed by atoms with van der Waals surface area (Å²) in [5.41, 5.74) is 3.69. The Morgan fingerprint density at radius 1 is 1.29 bits per heavy atom. The first-order chi connectivity index (χ1) is 11.5. The molecule has 0 aliphatic carbocycles. The topological polar surface area (TPSA) is 58.6 Å². The van der Waals surface area contributed by atoms with Gasteiger partial charge in [-0.3, -0.25) is 4.79 Å². The van der Waals surface area contributed by atoms with E-state index >= 15 is 0 Å². The van der Waals surface area contributed by atoms with Gasteiger partial charge in [-0.05, 0) is 37.5 Å². The van der Waals surface area contributed by atoms with Crippen molar-refractivity contribution in [1.82, 2.24) is 0 Å². The second-order valence-corrected chi connectivity index (χ2v) is 7.05. The van der Waals surface area contributed by atoms with Gasteiger partial charge in [-0.2, -0.15) is 0 Å². The van der Waals surface area contributed by atoms with Gasteiger partial charge >= 0.3 is 5.97 Å². The zero-order chi connectivity index (χ0) is 17.3. The molecule has 0 radical (unpaired) electrons. The summed E-state index contributed by atoms with van der Waals surface area (Å²) in [5.74, 6) is -0.545. The van der Waals surface area contributed by atoms with Crippen LogP contribution < -0.4 is 10.2 Å². The number of anilines is 2. The zero-order valence-corrected chi connectivity index (χ0v) is 14.8. The SMILES string of the molecule is COC(=O)c1c(NC(=O)CN2CCc3ccccc32)sc(C)c1C. The highest BCUT2D eigenvalue weighted by molar-refractivity contribution is 7.16. The molecule has 6 heteroatoms. The summed E-state index contributed by atoms with van der Waals surface area (Å²) >= 11 is 1.41. The fourth-order valence-corrected chi connectivity index (χ4v) is 4.04. The van der Waals surface area contributed by atoms with E-state index in [4.69, 9.17) is 4.74 Å². The maximum Gasteiger partial charge on any atom is 0.341 e. The molecule has 1 N–H and O–H groups in total. The van der Waals surface area contributed by atoms with Gasteiger partial charge in [0.05, 0.1) is 19.2 Å². The van der Waals surface area contributed by atoms with Gasteiger partial charge in [0, 0.05) is 17.1 Å². The lowest BCUT2D eigenvalue weighted by Gasteiger charge is -2.18. The first-order valence-corrected chi connectivity index (χ1v) is 8.64. The molecule has 0 saturated heterocycles. The summed E-state index contributed by atoms with van der Waals surface area (Å²) in [6.45, 7) is 4.90. The standard InChI is InChI=1S/C18H20N2O3S/c1-11-12(2)24-17(16(11)18(22)23-3)19-15(21)10-20-9-8-13-6-4-5-7-14(13)20/h4-7H,8-10H2,1-3H3,(H,19,21). The highest BCUT2D eigenvalue weighted by Gasteiger charge is 2.24. The minimum Gasteiger partial charge on any atom is -0.465 e. The van der Waals surface area contributed by atoms with Crippen molar-refractivity contribution in [3.8, 4) is 0 Å². The lowest BCUT2D eigenvalue weighted by Crippen LogP contribution is -2.32. The first kappa shape index (κ1) is 16.5. The molecule has 1 aliphatic heterocycles. The molecule has 0 atom stereocenters. The number of esters is 1. The number of hydrogen-bond donors (Lipinski definition) is 1. The largest absolute Gasteiger partial charge is 0.465 e. The molecular weight excluding hydrogens is 324 g/mol. The molecule has 0 spiro atoms. The number of amides is 1. The summed E-state index contributed by atoms with van der Waals surface area (Å²) in [6.07, 6.45) is 0.952. The minimum absolute atomic E-state index is 0.127. The van der Waals surface area contributed by atoms with Crippen LogP contribution in [0.3, 0.4) is 0 Å². The summed E-state index contributed by atoms with van der Waals surface area (Å²) in [6, 6.07) is 8.13. The van der Waals surface area contributed by atoms with Crippen molar-refractivity contribution in [3.05, 3.63) is 45.8 Å². The lowest BCUT2D eigenvalue weighted by molar-refractivity contribution is -0.114. The van der Waals surface area contributed by atoms with Crippen molar-refractivity contribution >= 4 is 33.9 Å². The van der Waals surface area contributed by atoms with Crippen molar-refractivity contribution in [2.75, 3.05) is 30.4 Å². The van der Waals surface area contributed by atoms with Crippen LogP contribution in [0, 0.1) is 13.8 Å². The van der Waals surface area contributed by atoms with E-state index in [2.05, 4.69) is 16.3 Å². The molecule has 3 rings (SSSR count). The molecule has 0 fully saturated rings. The monoisotopic (exact) mass is 344 g/mol. The van der Waals surface area contributed by atoms with Crippen molar-refractivity contribution in [2.45, 2.75) is 20.3 Å². The number of methoxy groups -OCH3 is 1. The molecule has 0 unspecified atom stereocenters. The van der Waals surface area contributed by atoms with Crippen LogP contribution in [-0.4, -0.2) is 32.1 Å². The summed E-state index contributed by atoms with van der Waals surface area (Å²) in [7, 11) is 1.35. The number of nitrogens with zero attached hydrogens (tertiary/aromatic N) is 1. The molecule has 5 nitrogen and oxygen atoms in total. The summed E-state index contributed by atoms with van der Waals surface area (Å²) in [4.78, 5) is 27.5. The van der Waals surface area contributed by atoms with Gasteiger partial charge in [0.2, 0.25) is 5.91 Å². The molecule has 24 heavy (non-hydrogen) atoms. The minimum atomic E-state index is -0.418. The van der Waals surface area contributed by atoms with Gasteiger partial charge < -0.3 is 15.0 Å². The smallest absolute Gasteiger partial charge is 0.341 e. The Hall–Kier alpha value is -2.34. The summed E-state index contributed by atoms with van der Waals surface area (Å²) < 4.78 is 4.84. The number of carbonyl (C=O) groups is 2. The van der Waals surface area contributed by atoms with E-state index in [1.165, 1.54) is 24.0 Å². The maximum absolute atomic E-state index is 12.5. The average Bonchev–Trinajstić information content (AvgIpc) is 3.09. The van der Waals surface area contributed by atoms with Crippen LogP contribution in [0.5, 0.6) is 0 Å². The van der Waals surface area contributed by atoms with E-state index in [9.17, 15) is 9.59 Å². The Bertz CT molecular complexity index is 798. The van der Waals surface area contributed by atoms with E-state index in [1.807, 2.05) is 32.0 Å². The van der Waals surface area contributed by atoms with Crippen molar-refractivity contribution in [3.63, 3.8) is 0 Å². The van der Waals surface area contributed by atoms with Crippen molar-refractivity contribution in [1.29, 1.82) is 0 Å². The van der Waals surface area contributed by atoms with Gasteiger partial charge in [0.1, 0.15) is 5.00 Å². The fraction of sp³-hybridized carbons (Fsp3) is 0.333. The predicted octanol–water partition coefficient (Wildman–Crippen LogP) is 3.15. The Kier molecular flexibility index (Phi) is 4.57. The molecule has 1 aromatic carbocycles. The number of ether oxygens (including phenoxy) is 1. The molecule has 2 heterocycles. The van der Waals surface area contributed by atoms with Gasteiger partial charge in [-0.1, -0.05) is 18.2 Å². The van der Waals surface area contributed by atoms with Crippen LogP contribution >= 0.6 is 11.3 Å². The zero-order valence-electron chi connectivity index (χ0n) is 14.0. The number of hydrogen-bond acceptors (Lipinski definition) is 5. The van der Waals surface area contributed by atoms with Crippen LogP contribution in [0.15, 0.2) is 24.3 Å². The maximum atomic E-state index is 12.5. The number of benzene rings is 1. The molecular formula is C18H20N2O3S. The molecule has 126 valence electrons. The molecule has 1 amide bonds. The van der Waals surface area contributed by atoms with Gasteiger partial charge in [-0.25, -0.2) is 4.79 Å². The average molecular weight is 344 g/mol. The number of thiophene rings is 1. The Morgan fingerprint density at radius 3 is 2.79 bits per heavy atom. The number of aryl methyl sites for hydroxylation is 1. The Morgan fingerprint density at radius 2 is 2.04 bits per heavy atom. The lowest BCUT2D eigenvalue weighted by atomic mass is 10.1. The Labute approximate surface area is 145 Å². The second kappa shape index (κ2) is 6.65. The van der Waals surface area contributed by atoms with E-state index < -0.39 is 5.97 Å². The van der Waals surface area contributed by atoms with Crippen LogP contribution in [0.4, 0.5) is 10.7 Å². The fourth-order valence-electron chi connectivity index (χ4n) is 2.97. The van der Waals surface area contributed by atoms with E-state index in [-0.39, 0.29) is 12.5 Å². The van der Waals surface area contributed by atoms with Crippen LogP contribution in [0.2, 0.25) is 0 Å². The highest BCUT2D eigenvalue weighted by atomic mass is 32.1. The number of nitrogens with one attached hydrogen (secondary N) is 1. The van der Waals surface area contributed by atoms with Crippen LogP contribution in [-0.2, 0) is 16.0 Å². The van der Waals surface area contributed by atoms with E-state index in [0.717, 1.165) is 29.1 Å². The normalized spacial score (nSPS) is 12.9. The third-order valence-corrected chi connectivity index (χ3v) is 5.47. The van der Waals surface area contributed by atoms with Crippen molar-refractivity contribution in [2.24, 2.45) is 0 Å². The third-order valence-electron chi connectivity index (χ3n) is 4.35. The highest BCUT2D eigenvalue weighted by Crippen LogP contribution is 2.33. The number of rotatable bonds is 4. The van der Waals surface area contributed by atoms with Crippen LogP contribution in [0.25, 0.3) is 0 Å². The second-order valence-electron chi connectivity index (χ2n) is 5.83. The molecule has 1 aromatic heterocycles.